The minimum Gasteiger partial charge on any atom is -0.329 e. The number of H-pyrrole nitrogens is 1. The average Bonchev–Trinajstić information content (AvgIpc) is 2.85. The Morgan fingerprint density at radius 2 is 2.40 bits per heavy atom. The van der Waals surface area contributed by atoms with Crippen molar-refractivity contribution in [3.63, 3.8) is 0 Å². The molecule has 2 heterocycles. The smallest absolute Gasteiger partial charge is 0.203 e. The van der Waals surface area contributed by atoms with Crippen LogP contribution >= 0.6 is 0 Å². The van der Waals surface area contributed by atoms with E-state index in [9.17, 15) is 0 Å². The molecule has 2 aromatic rings. The second-order valence-electron chi connectivity index (χ2n) is 3.11. The van der Waals surface area contributed by atoms with Gasteiger partial charge in [0.05, 0.1) is 12.7 Å². The van der Waals surface area contributed by atoms with Crippen molar-refractivity contribution in [2.24, 2.45) is 5.73 Å². The number of nitrogens with one attached hydrogen (secondary N) is 1. The molecule has 7 heteroatoms. The molecule has 3 N–H and O–H groups in total. The molecule has 0 radical (unpaired) electrons. The molecule has 0 bridgehead atoms. The quantitative estimate of drug-likeness (QED) is 0.709. The van der Waals surface area contributed by atoms with Gasteiger partial charge in [-0.3, -0.25) is 9.78 Å². The molecular formula is C8H13N7. The van der Waals surface area contributed by atoms with Crippen LogP contribution in [-0.4, -0.2) is 36.7 Å². The highest BCUT2D eigenvalue weighted by atomic mass is 15.4. The summed E-state index contributed by atoms with van der Waals surface area (Å²) in [5, 5.41) is 14.8. The number of aromatic amines is 1. The van der Waals surface area contributed by atoms with E-state index in [0.29, 0.717) is 24.6 Å². The molecule has 0 spiro atoms. The van der Waals surface area contributed by atoms with E-state index >= 15 is 0 Å². The zero-order valence-corrected chi connectivity index (χ0v) is 8.51. The highest BCUT2D eigenvalue weighted by molar-refractivity contribution is 5.45. The van der Waals surface area contributed by atoms with Crippen LogP contribution in [0.1, 0.15) is 12.7 Å². The first kappa shape index (κ1) is 9.78. The Bertz CT molecular complexity index is 430. The standard InChI is InChI=1S/C8H13N7/c1-2-7-10-8(13-12-7)6-5-15(4-3-9)14-11-6/h5H,2-4,9H2,1H3,(H,10,12,13). The summed E-state index contributed by atoms with van der Waals surface area (Å²) in [7, 11) is 0. The average molecular weight is 207 g/mol. The van der Waals surface area contributed by atoms with Crippen LogP contribution in [0.15, 0.2) is 6.20 Å². The number of hydrogen-bond donors (Lipinski definition) is 2. The summed E-state index contributed by atoms with van der Waals surface area (Å²) in [6, 6.07) is 0. The van der Waals surface area contributed by atoms with Crippen molar-refractivity contribution in [2.45, 2.75) is 19.9 Å². The van der Waals surface area contributed by atoms with E-state index in [1.165, 1.54) is 0 Å². The number of rotatable bonds is 4. The maximum absolute atomic E-state index is 5.41. The van der Waals surface area contributed by atoms with E-state index < -0.39 is 0 Å². The molecular weight excluding hydrogens is 194 g/mol. The zero-order chi connectivity index (χ0) is 10.7. The molecule has 7 nitrogen and oxygen atoms in total. The van der Waals surface area contributed by atoms with Crippen LogP contribution in [0.2, 0.25) is 0 Å². The lowest BCUT2D eigenvalue weighted by Gasteiger charge is -1.91. The molecule has 0 amide bonds. The summed E-state index contributed by atoms with van der Waals surface area (Å²) in [5.74, 6) is 1.42. The Morgan fingerprint density at radius 1 is 1.53 bits per heavy atom. The fraction of sp³-hybridized carbons (Fsp3) is 0.500. The number of nitrogens with two attached hydrogens (primary N) is 1. The molecule has 0 aliphatic rings. The Kier molecular flexibility index (Phi) is 2.72. The van der Waals surface area contributed by atoms with Crippen LogP contribution in [0.25, 0.3) is 11.5 Å². The van der Waals surface area contributed by atoms with Gasteiger partial charge in [-0.15, -0.1) is 5.10 Å². The van der Waals surface area contributed by atoms with Gasteiger partial charge in [0.25, 0.3) is 0 Å². The van der Waals surface area contributed by atoms with Crippen LogP contribution in [-0.2, 0) is 13.0 Å². The molecule has 0 unspecified atom stereocenters. The van der Waals surface area contributed by atoms with Gasteiger partial charge in [0, 0.05) is 13.0 Å². The molecule has 80 valence electrons. The number of hydrogen-bond acceptors (Lipinski definition) is 5. The highest BCUT2D eigenvalue weighted by Gasteiger charge is 2.08. The molecule has 15 heavy (non-hydrogen) atoms. The van der Waals surface area contributed by atoms with E-state index in [4.69, 9.17) is 5.73 Å². The third kappa shape index (κ3) is 2.01. The van der Waals surface area contributed by atoms with Crippen molar-refractivity contribution in [3.05, 3.63) is 12.0 Å². The van der Waals surface area contributed by atoms with Gasteiger partial charge in [0.1, 0.15) is 5.82 Å². The van der Waals surface area contributed by atoms with Crippen molar-refractivity contribution < 1.29 is 0 Å². The summed E-state index contributed by atoms with van der Waals surface area (Å²) in [4.78, 5) is 4.26. The minimum absolute atomic E-state index is 0.539. The van der Waals surface area contributed by atoms with Crippen LogP contribution < -0.4 is 5.73 Å². The van der Waals surface area contributed by atoms with Gasteiger partial charge in [-0.25, -0.2) is 4.98 Å². The van der Waals surface area contributed by atoms with Crippen molar-refractivity contribution in [1.82, 2.24) is 30.2 Å². The molecule has 0 atom stereocenters. The Morgan fingerprint density at radius 3 is 3.07 bits per heavy atom. The topological polar surface area (TPSA) is 98.3 Å². The molecule has 0 fully saturated rings. The third-order valence-corrected chi connectivity index (χ3v) is 1.99. The maximum Gasteiger partial charge on any atom is 0.203 e. The summed E-state index contributed by atoms with van der Waals surface area (Å²) < 4.78 is 1.68. The van der Waals surface area contributed by atoms with E-state index in [-0.39, 0.29) is 0 Å². The molecule has 0 aromatic carbocycles. The van der Waals surface area contributed by atoms with Gasteiger partial charge in [-0.1, -0.05) is 12.1 Å². The summed E-state index contributed by atoms with van der Waals surface area (Å²) >= 11 is 0. The van der Waals surface area contributed by atoms with Crippen LogP contribution in [0.5, 0.6) is 0 Å². The predicted octanol–water partition coefficient (Wildman–Crippen LogP) is -0.416. The lowest BCUT2D eigenvalue weighted by Crippen LogP contribution is -2.10. The Labute approximate surface area is 86.7 Å². The van der Waals surface area contributed by atoms with Crippen LogP contribution in [0, 0.1) is 0 Å². The normalized spacial score (nSPS) is 10.8. The van der Waals surface area contributed by atoms with Crippen molar-refractivity contribution in [3.8, 4) is 11.5 Å². The lowest BCUT2D eigenvalue weighted by atomic mass is 10.4. The summed E-state index contributed by atoms with van der Waals surface area (Å²) in [5.41, 5.74) is 6.07. The predicted molar refractivity (Wildman–Crippen MR) is 53.8 cm³/mol. The van der Waals surface area contributed by atoms with E-state index in [0.717, 1.165) is 12.2 Å². The lowest BCUT2D eigenvalue weighted by molar-refractivity contribution is 0.598. The number of aryl methyl sites for hydroxylation is 1. The largest absolute Gasteiger partial charge is 0.329 e. The minimum atomic E-state index is 0.539. The fourth-order valence-corrected chi connectivity index (χ4v) is 1.21. The van der Waals surface area contributed by atoms with Crippen molar-refractivity contribution in [1.29, 1.82) is 0 Å². The molecule has 0 aliphatic heterocycles. The molecule has 0 saturated carbocycles. The first-order chi connectivity index (χ1) is 7.33. The molecule has 0 aliphatic carbocycles. The zero-order valence-electron chi connectivity index (χ0n) is 8.51. The van der Waals surface area contributed by atoms with Gasteiger partial charge < -0.3 is 5.73 Å². The van der Waals surface area contributed by atoms with Crippen molar-refractivity contribution in [2.75, 3.05) is 6.54 Å². The SMILES string of the molecule is CCc1nc(-c2cn(CCN)nn2)n[nH]1. The second-order valence-corrected chi connectivity index (χ2v) is 3.11. The molecule has 2 rings (SSSR count). The molecule has 2 aromatic heterocycles. The Balaban J connectivity index is 2.21. The van der Waals surface area contributed by atoms with Crippen LogP contribution in [0.3, 0.4) is 0 Å². The van der Waals surface area contributed by atoms with E-state index in [1.54, 1.807) is 10.9 Å². The first-order valence-corrected chi connectivity index (χ1v) is 4.85. The van der Waals surface area contributed by atoms with Gasteiger partial charge >= 0.3 is 0 Å². The first-order valence-electron chi connectivity index (χ1n) is 4.85. The molecule has 0 saturated heterocycles. The second kappa shape index (κ2) is 4.18. The maximum atomic E-state index is 5.41. The fourth-order valence-electron chi connectivity index (χ4n) is 1.21. The van der Waals surface area contributed by atoms with Gasteiger partial charge in [0.15, 0.2) is 5.69 Å². The van der Waals surface area contributed by atoms with Gasteiger partial charge in [-0.2, -0.15) is 5.10 Å². The van der Waals surface area contributed by atoms with E-state index in [2.05, 4.69) is 25.5 Å². The van der Waals surface area contributed by atoms with Crippen molar-refractivity contribution >= 4 is 0 Å². The Hall–Kier alpha value is -1.76. The third-order valence-electron chi connectivity index (χ3n) is 1.99. The number of nitrogens with zero attached hydrogens (tertiary/aromatic N) is 5. The summed E-state index contributed by atoms with van der Waals surface area (Å²) in [6.45, 7) is 3.20. The highest BCUT2D eigenvalue weighted by Crippen LogP contribution is 2.09. The van der Waals surface area contributed by atoms with E-state index in [1.807, 2.05) is 6.92 Å². The van der Waals surface area contributed by atoms with Gasteiger partial charge in [-0.05, 0) is 0 Å². The summed E-state index contributed by atoms with van der Waals surface area (Å²) in [6.07, 6.45) is 2.61. The monoisotopic (exact) mass is 207 g/mol. The van der Waals surface area contributed by atoms with Gasteiger partial charge in [0.2, 0.25) is 5.82 Å². The van der Waals surface area contributed by atoms with Crippen LogP contribution in [0.4, 0.5) is 0 Å². The number of aromatic nitrogens is 6.